The number of amides is 1. The number of carbonyl (C=O) groups is 1. The van der Waals surface area contributed by atoms with Crippen molar-refractivity contribution in [1.82, 2.24) is 9.88 Å². The number of rotatable bonds is 3. The summed E-state index contributed by atoms with van der Waals surface area (Å²) in [6, 6.07) is 10.2. The van der Waals surface area contributed by atoms with Gasteiger partial charge in [-0.2, -0.15) is 5.26 Å². The Kier molecular flexibility index (Phi) is 5.59. The van der Waals surface area contributed by atoms with Crippen LogP contribution in [0.25, 0.3) is 21.3 Å². The molecule has 2 aromatic heterocycles. The largest absolute Gasteiger partial charge is 0.397 e. The van der Waals surface area contributed by atoms with Crippen molar-refractivity contribution < 1.29 is 4.79 Å². The SMILES string of the molecule is CCc1ccc(-c2c(C#N)c(N)nc3sc(C(=O)N4CC(C)CC(C)C4)c(N)c23)cc1. The number of fused-ring (bicyclic) bond motifs is 1. The van der Waals surface area contributed by atoms with Crippen molar-refractivity contribution in [3.05, 3.63) is 40.3 Å². The second kappa shape index (κ2) is 8.20. The average Bonchev–Trinajstić information content (AvgIpc) is 3.07. The minimum atomic E-state index is -0.0664. The van der Waals surface area contributed by atoms with Crippen LogP contribution in [0.4, 0.5) is 11.5 Å². The van der Waals surface area contributed by atoms with Crippen LogP contribution in [-0.2, 0) is 6.42 Å². The Bertz CT molecular complexity index is 1180. The zero-order chi connectivity index (χ0) is 22.3. The fourth-order valence-electron chi connectivity index (χ4n) is 4.61. The van der Waals surface area contributed by atoms with E-state index in [0.717, 1.165) is 31.5 Å². The van der Waals surface area contributed by atoms with Gasteiger partial charge in [-0.1, -0.05) is 45.0 Å². The van der Waals surface area contributed by atoms with Crippen molar-refractivity contribution in [3.63, 3.8) is 0 Å². The van der Waals surface area contributed by atoms with Crippen LogP contribution >= 0.6 is 11.3 Å². The number of nitrogen functional groups attached to an aromatic ring is 2. The fraction of sp³-hybridized carbons (Fsp3) is 0.375. The Morgan fingerprint density at radius 1 is 1.23 bits per heavy atom. The number of carbonyl (C=O) groups excluding carboxylic acids is 1. The average molecular weight is 434 g/mol. The third-order valence-corrected chi connectivity index (χ3v) is 7.11. The van der Waals surface area contributed by atoms with Gasteiger partial charge in [0.2, 0.25) is 0 Å². The molecule has 2 atom stereocenters. The number of aryl methyl sites for hydroxylation is 1. The van der Waals surface area contributed by atoms with Crippen molar-refractivity contribution in [1.29, 1.82) is 5.26 Å². The van der Waals surface area contributed by atoms with Crippen LogP contribution in [0.1, 0.15) is 48.0 Å². The maximum absolute atomic E-state index is 13.4. The molecule has 2 unspecified atom stereocenters. The van der Waals surface area contributed by atoms with Crippen LogP contribution < -0.4 is 11.5 Å². The van der Waals surface area contributed by atoms with Gasteiger partial charge in [0, 0.05) is 24.0 Å². The molecule has 0 saturated carbocycles. The maximum atomic E-state index is 13.4. The first-order valence-corrected chi connectivity index (χ1v) is 11.5. The number of pyridine rings is 1. The lowest BCUT2D eigenvalue weighted by Crippen LogP contribution is -2.42. The number of anilines is 2. The molecule has 31 heavy (non-hydrogen) atoms. The van der Waals surface area contributed by atoms with Gasteiger partial charge in [-0.15, -0.1) is 11.3 Å². The van der Waals surface area contributed by atoms with Gasteiger partial charge < -0.3 is 16.4 Å². The van der Waals surface area contributed by atoms with Gasteiger partial charge in [0.25, 0.3) is 5.91 Å². The van der Waals surface area contributed by atoms with Crippen LogP contribution in [0, 0.1) is 23.2 Å². The quantitative estimate of drug-likeness (QED) is 0.623. The summed E-state index contributed by atoms with van der Waals surface area (Å²) in [5, 5.41) is 10.4. The molecular formula is C24H27N5OS. The first-order valence-electron chi connectivity index (χ1n) is 10.6. The van der Waals surface area contributed by atoms with E-state index in [9.17, 15) is 10.1 Å². The Hall–Kier alpha value is -3.11. The predicted octanol–water partition coefficient (Wildman–Crippen LogP) is 4.68. The first kappa shape index (κ1) is 21.1. The van der Waals surface area contributed by atoms with Crippen LogP contribution in [0.3, 0.4) is 0 Å². The fourth-order valence-corrected chi connectivity index (χ4v) is 5.69. The molecular weight excluding hydrogens is 406 g/mol. The Morgan fingerprint density at radius 2 is 1.87 bits per heavy atom. The summed E-state index contributed by atoms with van der Waals surface area (Å²) in [6.45, 7) is 7.88. The van der Waals surface area contributed by atoms with E-state index in [0.29, 0.717) is 43.7 Å². The minimum Gasteiger partial charge on any atom is -0.397 e. The van der Waals surface area contributed by atoms with Crippen LogP contribution in [-0.4, -0.2) is 28.9 Å². The number of likely N-dealkylation sites (tertiary alicyclic amines) is 1. The summed E-state index contributed by atoms with van der Waals surface area (Å²) in [4.78, 5) is 20.8. The van der Waals surface area contributed by atoms with E-state index in [1.807, 2.05) is 29.2 Å². The molecule has 1 aliphatic rings. The molecule has 0 bridgehead atoms. The van der Waals surface area contributed by atoms with Gasteiger partial charge in [0.05, 0.1) is 5.69 Å². The Labute approximate surface area is 186 Å². The number of nitriles is 1. The maximum Gasteiger partial charge on any atom is 0.266 e. The molecule has 1 aliphatic heterocycles. The smallest absolute Gasteiger partial charge is 0.266 e. The molecule has 4 rings (SSSR count). The molecule has 1 fully saturated rings. The predicted molar refractivity (Wildman–Crippen MR) is 127 cm³/mol. The summed E-state index contributed by atoms with van der Waals surface area (Å²) < 4.78 is 0. The van der Waals surface area contributed by atoms with Crippen LogP contribution in [0.15, 0.2) is 24.3 Å². The van der Waals surface area contributed by atoms with Crippen molar-refractivity contribution in [2.75, 3.05) is 24.6 Å². The monoisotopic (exact) mass is 433 g/mol. The van der Waals surface area contributed by atoms with Crippen LogP contribution in [0.5, 0.6) is 0 Å². The number of aromatic nitrogens is 1. The highest BCUT2D eigenvalue weighted by Gasteiger charge is 2.30. The number of hydrogen-bond donors (Lipinski definition) is 2. The summed E-state index contributed by atoms with van der Waals surface area (Å²) in [5.41, 5.74) is 16.1. The van der Waals surface area contributed by atoms with Crippen molar-refractivity contribution >= 4 is 39.0 Å². The lowest BCUT2D eigenvalue weighted by molar-refractivity contribution is 0.0629. The van der Waals surface area contributed by atoms with Gasteiger partial charge in [0.1, 0.15) is 27.2 Å². The van der Waals surface area contributed by atoms with E-state index in [1.54, 1.807) is 0 Å². The van der Waals surface area contributed by atoms with Crippen molar-refractivity contribution in [3.8, 4) is 17.2 Å². The molecule has 3 heterocycles. The van der Waals surface area contributed by atoms with E-state index >= 15 is 0 Å². The highest BCUT2D eigenvalue weighted by molar-refractivity contribution is 7.21. The molecule has 1 amide bonds. The minimum absolute atomic E-state index is 0.0664. The lowest BCUT2D eigenvalue weighted by atomic mass is 9.91. The second-order valence-corrected chi connectivity index (χ2v) is 9.59. The molecule has 1 saturated heterocycles. The summed E-state index contributed by atoms with van der Waals surface area (Å²) in [6.07, 6.45) is 2.04. The van der Waals surface area contributed by atoms with E-state index in [4.69, 9.17) is 11.5 Å². The van der Waals surface area contributed by atoms with Crippen LogP contribution in [0.2, 0.25) is 0 Å². The second-order valence-electron chi connectivity index (χ2n) is 8.59. The normalized spacial score (nSPS) is 18.8. The molecule has 1 aromatic carbocycles. The number of hydrogen-bond acceptors (Lipinski definition) is 6. The van der Waals surface area contributed by atoms with Gasteiger partial charge in [0.15, 0.2) is 0 Å². The highest BCUT2D eigenvalue weighted by atomic mass is 32.1. The molecule has 6 nitrogen and oxygen atoms in total. The van der Waals surface area contributed by atoms with E-state index < -0.39 is 0 Å². The molecule has 160 valence electrons. The Balaban J connectivity index is 1.89. The first-order chi connectivity index (χ1) is 14.8. The Morgan fingerprint density at radius 3 is 2.45 bits per heavy atom. The number of benzene rings is 1. The number of nitrogens with zero attached hydrogens (tertiary/aromatic N) is 3. The standard InChI is InChI=1S/C24H27N5OS/c1-4-15-5-7-16(8-6-15)18-17(10-25)22(27)28-23-19(18)20(26)21(31-23)24(30)29-11-13(2)9-14(3)12-29/h5-8,13-14H,4,9,11-12,26H2,1-3H3,(H2,27,28). The van der Waals surface area contributed by atoms with E-state index in [2.05, 4.69) is 31.8 Å². The third-order valence-electron chi connectivity index (χ3n) is 6.02. The van der Waals surface area contributed by atoms with Gasteiger partial charge in [-0.3, -0.25) is 4.79 Å². The molecule has 3 aromatic rings. The number of thiophene rings is 1. The molecule has 7 heteroatoms. The topological polar surface area (TPSA) is 109 Å². The van der Waals surface area contributed by atoms with E-state index in [-0.39, 0.29) is 11.7 Å². The third kappa shape index (κ3) is 3.72. The number of nitrogens with two attached hydrogens (primary N) is 2. The van der Waals surface area contributed by atoms with Crippen molar-refractivity contribution in [2.24, 2.45) is 11.8 Å². The van der Waals surface area contributed by atoms with Gasteiger partial charge in [-0.25, -0.2) is 4.98 Å². The zero-order valence-electron chi connectivity index (χ0n) is 18.1. The summed E-state index contributed by atoms with van der Waals surface area (Å²) in [5.74, 6) is 0.998. The summed E-state index contributed by atoms with van der Waals surface area (Å²) >= 11 is 1.26. The molecule has 0 radical (unpaired) electrons. The molecule has 0 spiro atoms. The van der Waals surface area contributed by atoms with Crippen molar-refractivity contribution in [2.45, 2.75) is 33.6 Å². The van der Waals surface area contributed by atoms with E-state index in [1.165, 1.54) is 16.9 Å². The highest BCUT2D eigenvalue weighted by Crippen LogP contribution is 2.43. The molecule has 4 N–H and O–H groups in total. The van der Waals surface area contributed by atoms with Gasteiger partial charge in [-0.05, 0) is 35.8 Å². The number of piperidine rings is 1. The van der Waals surface area contributed by atoms with Gasteiger partial charge >= 0.3 is 0 Å². The summed E-state index contributed by atoms with van der Waals surface area (Å²) in [7, 11) is 0. The lowest BCUT2D eigenvalue weighted by Gasteiger charge is -2.34. The zero-order valence-corrected chi connectivity index (χ0v) is 18.9. The molecule has 0 aliphatic carbocycles.